The van der Waals surface area contributed by atoms with Gasteiger partial charge in [0.15, 0.2) is 0 Å². The standard InChI is InChI=1S/C42H87N/c1-4-7-10-13-15-17-19-21-23-25-27-29-31-33-35-38-41-43(40-37-12-9-6-3)42-39-36-34-32-30-28-26-24-22-20-18-16-14-11-8-5-2/h4-42H2,1-3H3. The van der Waals surface area contributed by atoms with Gasteiger partial charge < -0.3 is 4.90 Å². The van der Waals surface area contributed by atoms with Crippen LogP contribution in [0.25, 0.3) is 0 Å². The number of nitrogens with zero attached hydrogens (tertiary/aromatic N) is 1. The van der Waals surface area contributed by atoms with Crippen molar-refractivity contribution in [2.75, 3.05) is 19.6 Å². The molecule has 0 saturated carbocycles. The fourth-order valence-electron chi connectivity index (χ4n) is 6.86. The van der Waals surface area contributed by atoms with Crippen LogP contribution in [-0.2, 0) is 0 Å². The normalized spacial score (nSPS) is 11.7. The largest absolute Gasteiger partial charge is 0.303 e. The molecule has 0 heterocycles. The molecule has 1 heteroatoms. The van der Waals surface area contributed by atoms with Crippen LogP contribution in [0.15, 0.2) is 0 Å². The molecule has 0 aromatic heterocycles. The van der Waals surface area contributed by atoms with Crippen molar-refractivity contribution in [3.8, 4) is 0 Å². The maximum absolute atomic E-state index is 2.84. The van der Waals surface area contributed by atoms with Gasteiger partial charge in [-0.05, 0) is 38.9 Å². The summed E-state index contributed by atoms with van der Waals surface area (Å²) in [6.07, 6.45) is 52.6. The summed E-state index contributed by atoms with van der Waals surface area (Å²) in [5.41, 5.74) is 0. The molecule has 0 aromatic carbocycles. The van der Waals surface area contributed by atoms with Gasteiger partial charge in [0, 0.05) is 0 Å². The molecule has 1 nitrogen and oxygen atoms in total. The zero-order valence-electron chi connectivity index (χ0n) is 31.0. The van der Waals surface area contributed by atoms with E-state index >= 15 is 0 Å². The molecule has 260 valence electrons. The Morgan fingerprint density at radius 2 is 0.326 bits per heavy atom. The Labute approximate surface area is 275 Å². The molecule has 0 aromatic rings. The smallest absolute Gasteiger partial charge is 0.00187 e. The zero-order valence-corrected chi connectivity index (χ0v) is 31.0. The summed E-state index contributed by atoms with van der Waals surface area (Å²) in [6, 6.07) is 0. The van der Waals surface area contributed by atoms with Crippen LogP contribution in [0.4, 0.5) is 0 Å². The maximum Gasteiger partial charge on any atom is -0.00187 e. The second-order valence-corrected chi connectivity index (χ2v) is 14.5. The van der Waals surface area contributed by atoms with Gasteiger partial charge in [-0.1, -0.05) is 233 Å². The lowest BCUT2D eigenvalue weighted by molar-refractivity contribution is 0.254. The van der Waals surface area contributed by atoms with Gasteiger partial charge in [0.05, 0.1) is 0 Å². The second kappa shape index (κ2) is 40.0. The van der Waals surface area contributed by atoms with Crippen LogP contribution in [0.5, 0.6) is 0 Å². The molecule has 0 aliphatic rings. The predicted molar refractivity (Wildman–Crippen MR) is 200 cm³/mol. The van der Waals surface area contributed by atoms with E-state index < -0.39 is 0 Å². The summed E-state index contributed by atoms with van der Waals surface area (Å²) in [7, 11) is 0. The van der Waals surface area contributed by atoms with E-state index in [4.69, 9.17) is 0 Å². The van der Waals surface area contributed by atoms with E-state index in [-0.39, 0.29) is 0 Å². The van der Waals surface area contributed by atoms with Crippen LogP contribution in [0, 0.1) is 0 Å². The van der Waals surface area contributed by atoms with Crippen LogP contribution < -0.4 is 0 Å². The molecule has 0 bridgehead atoms. The van der Waals surface area contributed by atoms with Crippen molar-refractivity contribution in [2.24, 2.45) is 0 Å². The third-order valence-corrected chi connectivity index (χ3v) is 9.98. The maximum atomic E-state index is 2.84. The van der Waals surface area contributed by atoms with Gasteiger partial charge in [-0.25, -0.2) is 0 Å². The molecular formula is C42H87N. The molecule has 0 spiro atoms. The van der Waals surface area contributed by atoms with Gasteiger partial charge in [0.2, 0.25) is 0 Å². The van der Waals surface area contributed by atoms with E-state index in [1.807, 2.05) is 0 Å². The summed E-state index contributed by atoms with van der Waals surface area (Å²) in [5, 5.41) is 0. The van der Waals surface area contributed by atoms with Crippen molar-refractivity contribution in [3.05, 3.63) is 0 Å². The lowest BCUT2D eigenvalue weighted by atomic mass is 10.0. The Morgan fingerprint density at radius 3 is 0.512 bits per heavy atom. The third kappa shape index (κ3) is 38.1. The molecule has 0 atom stereocenters. The van der Waals surface area contributed by atoms with Crippen LogP contribution in [0.2, 0.25) is 0 Å². The zero-order chi connectivity index (χ0) is 31.2. The first-order chi connectivity index (χ1) is 21.3. The Bertz CT molecular complexity index is 424. The minimum atomic E-state index is 1.36. The number of unbranched alkanes of at least 4 members (excludes halogenated alkanes) is 33. The summed E-state index contributed by atoms with van der Waals surface area (Å²) in [4.78, 5) is 2.84. The average molecular weight is 606 g/mol. The highest BCUT2D eigenvalue weighted by molar-refractivity contribution is 4.61. The lowest BCUT2D eigenvalue weighted by Gasteiger charge is -2.22. The van der Waals surface area contributed by atoms with Gasteiger partial charge >= 0.3 is 0 Å². The quantitative estimate of drug-likeness (QED) is 0.0630. The number of hydrogen-bond acceptors (Lipinski definition) is 1. The summed E-state index contributed by atoms with van der Waals surface area (Å²) >= 11 is 0. The fourth-order valence-corrected chi connectivity index (χ4v) is 6.86. The first kappa shape index (κ1) is 43.0. The molecule has 0 aliphatic heterocycles. The highest BCUT2D eigenvalue weighted by Crippen LogP contribution is 2.16. The first-order valence-electron chi connectivity index (χ1n) is 21.1. The minimum Gasteiger partial charge on any atom is -0.303 e. The molecule has 43 heavy (non-hydrogen) atoms. The molecule has 0 N–H and O–H groups in total. The fraction of sp³-hybridized carbons (Fsp3) is 1.00. The lowest BCUT2D eigenvalue weighted by Crippen LogP contribution is -2.27. The van der Waals surface area contributed by atoms with Crippen molar-refractivity contribution in [3.63, 3.8) is 0 Å². The minimum absolute atomic E-state index is 1.36. The van der Waals surface area contributed by atoms with E-state index in [9.17, 15) is 0 Å². The van der Waals surface area contributed by atoms with E-state index in [0.717, 1.165) is 0 Å². The SMILES string of the molecule is CCCCCCCCCCCCCCCCCCN(CCCCCC)CCCCCCCCCCCCCCCCCC. The summed E-state index contributed by atoms with van der Waals surface area (Å²) in [5.74, 6) is 0. The van der Waals surface area contributed by atoms with Crippen molar-refractivity contribution in [1.29, 1.82) is 0 Å². The molecular weight excluding hydrogens is 518 g/mol. The van der Waals surface area contributed by atoms with Gasteiger partial charge in [-0.15, -0.1) is 0 Å². The van der Waals surface area contributed by atoms with Crippen molar-refractivity contribution in [2.45, 2.75) is 252 Å². The summed E-state index contributed by atoms with van der Waals surface area (Å²) in [6.45, 7) is 11.1. The number of hydrogen-bond donors (Lipinski definition) is 0. The third-order valence-electron chi connectivity index (χ3n) is 9.98. The summed E-state index contributed by atoms with van der Waals surface area (Å²) < 4.78 is 0. The molecule has 0 aliphatic carbocycles. The topological polar surface area (TPSA) is 3.24 Å². The average Bonchev–Trinajstić information content (AvgIpc) is 3.02. The van der Waals surface area contributed by atoms with Crippen molar-refractivity contribution in [1.82, 2.24) is 4.90 Å². The first-order valence-corrected chi connectivity index (χ1v) is 21.1. The molecule has 0 unspecified atom stereocenters. The predicted octanol–water partition coefficient (Wildman–Crippen LogP) is 15.4. The van der Waals surface area contributed by atoms with E-state index in [0.29, 0.717) is 0 Å². The molecule has 0 fully saturated rings. The molecule has 0 amide bonds. The molecule has 0 rings (SSSR count). The van der Waals surface area contributed by atoms with Gasteiger partial charge in [-0.3, -0.25) is 0 Å². The van der Waals surface area contributed by atoms with E-state index in [2.05, 4.69) is 25.7 Å². The van der Waals surface area contributed by atoms with Crippen LogP contribution in [0.3, 0.4) is 0 Å². The van der Waals surface area contributed by atoms with Crippen LogP contribution in [0.1, 0.15) is 252 Å². The Balaban J connectivity index is 3.60. The Kier molecular flexibility index (Phi) is 39.9. The number of rotatable bonds is 39. The van der Waals surface area contributed by atoms with E-state index in [1.165, 1.54) is 251 Å². The van der Waals surface area contributed by atoms with Crippen molar-refractivity contribution >= 4 is 0 Å². The van der Waals surface area contributed by atoms with Gasteiger partial charge in [-0.2, -0.15) is 0 Å². The Hall–Kier alpha value is -0.0400. The van der Waals surface area contributed by atoms with Crippen LogP contribution >= 0.6 is 0 Å². The highest BCUT2D eigenvalue weighted by Gasteiger charge is 2.05. The van der Waals surface area contributed by atoms with Gasteiger partial charge in [0.25, 0.3) is 0 Å². The molecule has 0 saturated heterocycles. The molecule has 0 radical (unpaired) electrons. The Morgan fingerprint density at radius 1 is 0.186 bits per heavy atom. The highest BCUT2D eigenvalue weighted by atomic mass is 15.1. The second-order valence-electron chi connectivity index (χ2n) is 14.5. The van der Waals surface area contributed by atoms with Crippen molar-refractivity contribution < 1.29 is 0 Å². The van der Waals surface area contributed by atoms with Crippen LogP contribution in [-0.4, -0.2) is 24.5 Å². The van der Waals surface area contributed by atoms with Gasteiger partial charge in [0.1, 0.15) is 0 Å². The van der Waals surface area contributed by atoms with E-state index in [1.54, 1.807) is 0 Å². The monoisotopic (exact) mass is 606 g/mol.